The molecule has 0 spiro atoms. The summed E-state index contributed by atoms with van der Waals surface area (Å²) in [6.45, 7) is 4.36. The van der Waals surface area contributed by atoms with Gasteiger partial charge in [0.05, 0.1) is 21.5 Å². The summed E-state index contributed by atoms with van der Waals surface area (Å²) in [5.74, 6) is 0.335. The maximum absolute atomic E-state index is 12.9. The smallest absolute Gasteiger partial charge is 0.265 e. The molecule has 1 fully saturated rings. The molecule has 1 unspecified atom stereocenters. The zero-order chi connectivity index (χ0) is 25.8. The fourth-order valence-corrected chi connectivity index (χ4v) is 5.63. The predicted octanol–water partition coefficient (Wildman–Crippen LogP) is 4.38. The molecule has 0 saturated carbocycles. The number of carbonyl (C=O) groups is 2. The van der Waals surface area contributed by atoms with Crippen molar-refractivity contribution in [3.05, 3.63) is 82.1 Å². The van der Waals surface area contributed by atoms with Crippen LogP contribution in [-0.2, 0) is 6.42 Å². The van der Waals surface area contributed by atoms with E-state index in [1.54, 1.807) is 23.1 Å². The van der Waals surface area contributed by atoms with Crippen molar-refractivity contribution in [3.63, 3.8) is 0 Å². The molecule has 8 nitrogen and oxygen atoms in total. The number of carbonyl (C=O) groups excluding carboxylic acids is 2. The van der Waals surface area contributed by atoms with E-state index in [0.29, 0.717) is 16.2 Å². The summed E-state index contributed by atoms with van der Waals surface area (Å²) in [5, 5.41) is 10.1. The Morgan fingerprint density at radius 1 is 1.11 bits per heavy atom. The van der Waals surface area contributed by atoms with Crippen LogP contribution in [-0.4, -0.2) is 57.7 Å². The van der Waals surface area contributed by atoms with E-state index < -0.39 is 0 Å². The van der Waals surface area contributed by atoms with E-state index in [4.69, 9.17) is 0 Å². The highest BCUT2D eigenvalue weighted by atomic mass is 32.1. The van der Waals surface area contributed by atoms with E-state index >= 15 is 0 Å². The van der Waals surface area contributed by atoms with E-state index in [2.05, 4.69) is 44.8 Å². The fourth-order valence-electron chi connectivity index (χ4n) is 4.83. The lowest BCUT2D eigenvalue weighted by Gasteiger charge is -2.29. The van der Waals surface area contributed by atoms with Crippen molar-refractivity contribution in [1.29, 1.82) is 0 Å². The van der Waals surface area contributed by atoms with Crippen LogP contribution in [0.15, 0.2) is 61.2 Å². The largest absolute Gasteiger partial charge is 0.345 e. The lowest BCUT2D eigenvalue weighted by atomic mass is 9.90. The second-order valence-electron chi connectivity index (χ2n) is 9.86. The van der Waals surface area contributed by atoms with Gasteiger partial charge in [0.15, 0.2) is 0 Å². The average molecular weight is 517 g/mol. The van der Waals surface area contributed by atoms with Gasteiger partial charge < -0.3 is 15.5 Å². The van der Waals surface area contributed by atoms with E-state index in [9.17, 15) is 9.59 Å². The summed E-state index contributed by atoms with van der Waals surface area (Å²) < 4.78 is 1.68. The van der Waals surface area contributed by atoms with Gasteiger partial charge in [0.1, 0.15) is 12.7 Å². The molecule has 1 aromatic carbocycles. The number of aryl methyl sites for hydroxylation is 1. The molecule has 2 amide bonds. The maximum atomic E-state index is 12.9. The summed E-state index contributed by atoms with van der Waals surface area (Å²) >= 11 is 1.20. The Labute approximate surface area is 221 Å². The van der Waals surface area contributed by atoms with Gasteiger partial charge in [-0.25, -0.2) is 9.67 Å². The van der Waals surface area contributed by atoms with Crippen molar-refractivity contribution in [2.45, 2.75) is 38.6 Å². The molecule has 1 saturated heterocycles. The summed E-state index contributed by atoms with van der Waals surface area (Å²) in [7, 11) is 2.18. The average Bonchev–Trinajstić information content (AvgIpc) is 3.61. The monoisotopic (exact) mass is 516 g/mol. The Hall–Kier alpha value is -3.56. The molecule has 0 bridgehead atoms. The zero-order valence-electron chi connectivity index (χ0n) is 21.2. The third-order valence-electron chi connectivity index (χ3n) is 7.04. The Morgan fingerprint density at radius 3 is 2.57 bits per heavy atom. The third-order valence-corrected chi connectivity index (χ3v) is 8.12. The topological polar surface area (TPSA) is 92.2 Å². The first kappa shape index (κ1) is 25.1. The van der Waals surface area contributed by atoms with Crippen molar-refractivity contribution in [1.82, 2.24) is 25.0 Å². The SMILES string of the molecule is Cc1cc(CC2CCN(C)CC2)ccc1NC(=O)c1ccc(C(=O)NC2C=CC(n3cncn3)=CC2)s1. The molecular weight excluding hydrogens is 484 g/mol. The molecule has 1 atom stereocenters. The predicted molar refractivity (Wildman–Crippen MR) is 147 cm³/mol. The van der Waals surface area contributed by atoms with Crippen molar-refractivity contribution in [2.24, 2.45) is 5.92 Å². The molecule has 0 radical (unpaired) electrons. The zero-order valence-corrected chi connectivity index (χ0v) is 22.0. The van der Waals surface area contributed by atoms with Crippen LogP contribution in [0.3, 0.4) is 0 Å². The van der Waals surface area contributed by atoms with Crippen LogP contribution in [0.25, 0.3) is 5.70 Å². The summed E-state index contributed by atoms with van der Waals surface area (Å²) in [5.41, 5.74) is 4.10. The number of likely N-dealkylation sites (tertiary alicyclic amines) is 1. The number of piperidine rings is 1. The van der Waals surface area contributed by atoms with Gasteiger partial charge >= 0.3 is 0 Å². The van der Waals surface area contributed by atoms with Crippen molar-refractivity contribution >= 4 is 34.5 Å². The number of rotatable bonds is 7. The van der Waals surface area contributed by atoms with Crippen molar-refractivity contribution in [3.8, 4) is 0 Å². The van der Waals surface area contributed by atoms with E-state index in [0.717, 1.165) is 42.4 Å². The minimum Gasteiger partial charge on any atom is -0.345 e. The minimum absolute atomic E-state index is 0.116. The Morgan fingerprint density at radius 2 is 1.89 bits per heavy atom. The van der Waals surface area contributed by atoms with Gasteiger partial charge in [0, 0.05) is 5.69 Å². The van der Waals surface area contributed by atoms with Gasteiger partial charge in [-0.3, -0.25) is 9.59 Å². The number of thiophene rings is 1. The van der Waals surface area contributed by atoms with Crippen LogP contribution in [0, 0.1) is 12.8 Å². The molecule has 3 aromatic rings. The highest BCUT2D eigenvalue weighted by Crippen LogP contribution is 2.25. The van der Waals surface area contributed by atoms with E-state index in [1.807, 2.05) is 31.2 Å². The number of amides is 2. The molecule has 2 aromatic heterocycles. The van der Waals surface area contributed by atoms with Crippen LogP contribution < -0.4 is 10.6 Å². The Bertz CT molecular complexity index is 1320. The lowest BCUT2D eigenvalue weighted by molar-refractivity contribution is 0.0948. The molecule has 3 heterocycles. The number of aromatic nitrogens is 3. The lowest BCUT2D eigenvalue weighted by Crippen LogP contribution is -2.33. The number of hydrogen-bond acceptors (Lipinski definition) is 6. The van der Waals surface area contributed by atoms with Gasteiger partial charge in [-0.2, -0.15) is 5.10 Å². The molecule has 9 heteroatoms. The molecule has 5 rings (SSSR count). The van der Waals surface area contributed by atoms with Crippen LogP contribution in [0.4, 0.5) is 5.69 Å². The second kappa shape index (κ2) is 11.2. The molecule has 2 aliphatic rings. The number of anilines is 1. The van der Waals surface area contributed by atoms with Gasteiger partial charge in [-0.1, -0.05) is 24.3 Å². The standard InChI is InChI=1S/C28H32N6O2S/c1-19-15-21(16-20-11-13-33(2)14-12-20)3-8-24(19)32-28(36)26-10-9-25(37-26)27(35)31-22-4-6-23(7-5-22)34-18-29-17-30-34/h3-4,6-10,15,17-18,20,22H,5,11-14,16H2,1-2H3,(H,31,35)(H,32,36). The highest BCUT2D eigenvalue weighted by molar-refractivity contribution is 7.16. The van der Waals surface area contributed by atoms with Crippen LogP contribution in [0.2, 0.25) is 0 Å². The summed E-state index contributed by atoms with van der Waals surface area (Å²) in [4.78, 5) is 33.0. The minimum atomic E-state index is -0.201. The first-order chi connectivity index (χ1) is 17.9. The Kier molecular flexibility index (Phi) is 7.62. The second-order valence-corrected chi connectivity index (χ2v) is 10.9. The molecule has 37 heavy (non-hydrogen) atoms. The fraction of sp³-hybridized carbons (Fsp3) is 0.357. The number of nitrogens with one attached hydrogen (secondary N) is 2. The Balaban J connectivity index is 1.14. The summed E-state index contributed by atoms with van der Waals surface area (Å²) in [6, 6.07) is 9.59. The molecule has 1 aliphatic heterocycles. The normalized spacial score (nSPS) is 18.4. The number of nitrogens with zero attached hydrogens (tertiary/aromatic N) is 4. The van der Waals surface area contributed by atoms with E-state index in [1.165, 1.54) is 36.1 Å². The van der Waals surface area contributed by atoms with E-state index in [-0.39, 0.29) is 17.9 Å². The van der Waals surface area contributed by atoms with Crippen molar-refractivity contribution in [2.75, 3.05) is 25.5 Å². The first-order valence-corrected chi connectivity index (χ1v) is 13.5. The van der Waals surface area contributed by atoms with Gasteiger partial charge in [0.2, 0.25) is 0 Å². The van der Waals surface area contributed by atoms with Gasteiger partial charge in [0.25, 0.3) is 11.8 Å². The number of allylic oxidation sites excluding steroid dienone is 2. The molecule has 2 N–H and O–H groups in total. The summed E-state index contributed by atoms with van der Waals surface area (Å²) in [6.07, 6.45) is 13.2. The van der Waals surface area contributed by atoms with Gasteiger partial charge in [-0.15, -0.1) is 11.3 Å². The first-order valence-electron chi connectivity index (χ1n) is 12.7. The molecule has 1 aliphatic carbocycles. The highest BCUT2D eigenvalue weighted by Gasteiger charge is 2.19. The van der Waals surface area contributed by atoms with Crippen LogP contribution >= 0.6 is 11.3 Å². The maximum Gasteiger partial charge on any atom is 0.265 e. The molecule has 192 valence electrons. The van der Waals surface area contributed by atoms with Crippen LogP contribution in [0.5, 0.6) is 0 Å². The van der Waals surface area contributed by atoms with Crippen LogP contribution in [0.1, 0.15) is 49.7 Å². The van der Waals surface area contributed by atoms with Gasteiger partial charge in [-0.05, 0) is 94.1 Å². The molecular formula is C28H32N6O2S. The number of hydrogen-bond donors (Lipinski definition) is 2. The van der Waals surface area contributed by atoms with Crippen molar-refractivity contribution < 1.29 is 9.59 Å². The quantitative estimate of drug-likeness (QED) is 0.486. The number of benzene rings is 1. The third kappa shape index (κ3) is 6.23.